The number of aryl methyl sites for hydroxylation is 3. The van der Waals surface area contributed by atoms with Crippen LogP contribution in [0.5, 0.6) is 5.75 Å². The number of benzene rings is 2. The number of fused-ring (bicyclic) bond motifs is 1. The topological polar surface area (TPSA) is 38.3 Å². The molecular weight excluding hydrogens is 312 g/mol. The maximum Gasteiger partial charge on any atom is 0.254 e. The smallest absolute Gasteiger partial charge is 0.254 e. The van der Waals surface area contributed by atoms with Crippen LogP contribution in [0.1, 0.15) is 23.9 Å². The molecule has 0 bridgehead atoms. The maximum absolute atomic E-state index is 10.5. The summed E-state index contributed by atoms with van der Waals surface area (Å²) in [5.41, 5.74) is 4.73. The van der Waals surface area contributed by atoms with Crippen LogP contribution < -0.4 is 9.30 Å². The van der Waals surface area contributed by atoms with Crippen molar-refractivity contribution in [3.05, 3.63) is 59.4 Å². The first-order valence-corrected chi connectivity index (χ1v) is 8.85. The van der Waals surface area contributed by atoms with Crippen LogP contribution in [-0.4, -0.2) is 22.4 Å². The largest absolute Gasteiger partial charge is 0.491 e. The predicted molar refractivity (Wildman–Crippen MR) is 99.9 cm³/mol. The highest BCUT2D eigenvalue weighted by molar-refractivity contribution is 5.72. The maximum atomic E-state index is 10.5. The first-order chi connectivity index (χ1) is 12.0. The van der Waals surface area contributed by atoms with Crippen molar-refractivity contribution in [2.24, 2.45) is 7.05 Å². The van der Waals surface area contributed by atoms with E-state index in [2.05, 4.69) is 61.2 Å². The third-order valence-electron chi connectivity index (χ3n) is 4.76. The van der Waals surface area contributed by atoms with Crippen LogP contribution in [0.15, 0.2) is 42.5 Å². The number of hydrogen-bond donors (Lipinski definition) is 1. The molecule has 0 aliphatic heterocycles. The number of ether oxygens (including phenoxy) is 1. The van der Waals surface area contributed by atoms with Gasteiger partial charge in [0.25, 0.3) is 5.82 Å². The van der Waals surface area contributed by atoms with Gasteiger partial charge >= 0.3 is 0 Å². The third-order valence-corrected chi connectivity index (χ3v) is 4.76. The summed E-state index contributed by atoms with van der Waals surface area (Å²) in [7, 11) is 2.05. The van der Waals surface area contributed by atoms with Crippen LogP contribution in [-0.2, 0) is 20.0 Å². The minimum atomic E-state index is -0.569. The zero-order valence-corrected chi connectivity index (χ0v) is 15.5. The molecule has 0 amide bonds. The van der Waals surface area contributed by atoms with Gasteiger partial charge in [0.2, 0.25) is 0 Å². The fourth-order valence-corrected chi connectivity index (χ4v) is 3.30. The monoisotopic (exact) mass is 339 g/mol. The van der Waals surface area contributed by atoms with E-state index in [1.165, 1.54) is 16.6 Å². The Morgan fingerprint density at radius 2 is 1.92 bits per heavy atom. The summed E-state index contributed by atoms with van der Waals surface area (Å²) in [5, 5.41) is 10.5. The number of aromatic nitrogens is 2. The molecule has 3 rings (SSSR count). The van der Waals surface area contributed by atoms with E-state index in [0.29, 0.717) is 6.54 Å². The van der Waals surface area contributed by atoms with Gasteiger partial charge in [-0.3, -0.25) is 0 Å². The Balaban J connectivity index is 1.72. The molecule has 0 fully saturated rings. The van der Waals surface area contributed by atoms with Gasteiger partial charge in [-0.25, -0.2) is 9.13 Å². The molecule has 4 heteroatoms. The first-order valence-electron chi connectivity index (χ1n) is 8.85. The highest BCUT2D eigenvalue weighted by Gasteiger charge is 2.21. The minimum absolute atomic E-state index is 0.280. The van der Waals surface area contributed by atoms with Gasteiger partial charge < -0.3 is 9.84 Å². The van der Waals surface area contributed by atoms with Crippen molar-refractivity contribution in [1.29, 1.82) is 0 Å². The second-order valence-corrected chi connectivity index (χ2v) is 6.68. The molecule has 3 aromatic rings. The molecule has 0 saturated heterocycles. The molecule has 1 unspecified atom stereocenters. The molecule has 0 saturated carbocycles. The number of imidazole rings is 1. The lowest BCUT2D eigenvalue weighted by atomic mass is 10.1. The number of nitrogens with zero attached hydrogens (tertiary/aromatic N) is 2. The average molecular weight is 339 g/mol. The Morgan fingerprint density at radius 1 is 1.16 bits per heavy atom. The van der Waals surface area contributed by atoms with Gasteiger partial charge in [0.15, 0.2) is 11.0 Å². The number of aliphatic hydroxyl groups is 1. The van der Waals surface area contributed by atoms with E-state index in [-0.39, 0.29) is 6.61 Å². The molecule has 0 aliphatic rings. The summed E-state index contributed by atoms with van der Waals surface area (Å²) >= 11 is 0. The zero-order chi connectivity index (χ0) is 18.0. The van der Waals surface area contributed by atoms with E-state index < -0.39 is 6.10 Å². The van der Waals surface area contributed by atoms with Crippen molar-refractivity contribution in [1.82, 2.24) is 4.57 Å². The quantitative estimate of drug-likeness (QED) is 0.701. The molecule has 1 N–H and O–H groups in total. The van der Waals surface area contributed by atoms with E-state index >= 15 is 0 Å². The summed E-state index contributed by atoms with van der Waals surface area (Å²) in [6, 6.07) is 14.5. The Kier molecular flexibility index (Phi) is 5.09. The molecule has 1 heterocycles. The highest BCUT2D eigenvalue weighted by Crippen LogP contribution is 2.18. The standard InChI is InChI=1S/C21H27N2O2/c1-5-17-10-15(2)11-19(12-17)25-14-18(24)13-23-16(3)22(4)20-8-6-7-9-21(20)23/h6-12,18,24H,5,13-14H2,1-4H3/q+1. The molecule has 25 heavy (non-hydrogen) atoms. The molecule has 132 valence electrons. The Morgan fingerprint density at radius 3 is 2.68 bits per heavy atom. The second-order valence-electron chi connectivity index (χ2n) is 6.68. The Labute approximate surface area is 149 Å². The molecular formula is C21H27N2O2+. The zero-order valence-electron chi connectivity index (χ0n) is 15.5. The van der Waals surface area contributed by atoms with E-state index in [9.17, 15) is 5.11 Å². The molecule has 0 aliphatic carbocycles. The molecule has 0 radical (unpaired) electrons. The molecule has 1 atom stereocenters. The van der Waals surface area contributed by atoms with Crippen molar-refractivity contribution < 1.29 is 14.4 Å². The Hall–Kier alpha value is -2.33. The number of para-hydroxylation sites is 2. The van der Waals surface area contributed by atoms with Crippen molar-refractivity contribution in [3.8, 4) is 5.75 Å². The Bertz CT molecular complexity index is 883. The van der Waals surface area contributed by atoms with E-state index in [0.717, 1.165) is 23.5 Å². The van der Waals surface area contributed by atoms with Crippen molar-refractivity contribution in [2.45, 2.75) is 39.8 Å². The summed E-state index contributed by atoms with van der Waals surface area (Å²) in [4.78, 5) is 0. The van der Waals surface area contributed by atoms with Crippen molar-refractivity contribution >= 4 is 11.0 Å². The summed E-state index contributed by atoms with van der Waals surface area (Å²) in [5.74, 6) is 1.94. The summed E-state index contributed by atoms with van der Waals surface area (Å²) in [6.07, 6.45) is 0.408. The van der Waals surface area contributed by atoms with Gasteiger partial charge in [-0.05, 0) is 48.7 Å². The van der Waals surface area contributed by atoms with Crippen LogP contribution in [0.4, 0.5) is 0 Å². The lowest BCUT2D eigenvalue weighted by Crippen LogP contribution is -2.32. The first kappa shape index (κ1) is 17.5. The lowest BCUT2D eigenvalue weighted by Gasteiger charge is -2.13. The van der Waals surface area contributed by atoms with Crippen LogP contribution >= 0.6 is 0 Å². The van der Waals surface area contributed by atoms with Crippen LogP contribution in [0.25, 0.3) is 11.0 Å². The minimum Gasteiger partial charge on any atom is -0.491 e. The predicted octanol–water partition coefficient (Wildman–Crippen LogP) is 3.08. The van der Waals surface area contributed by atoms with E-state index in [1.807, 2.05) is 18.2 Å². The summed E-state index contributed by atoms with van der Waals surface area (Å²) in [6.45, 7) is 7.06. The van der Waals surface area contributed by atoms with Gasteiger partial charge in [-0.2, -0.15) is 0 Å². The van der Waals surface area contributed by atoms with Crippen LogP contribution in [0.2, 0.25) is 0 Å². The van der Waals surface area contributed by atoms with E-state index in [1.54, 1.807) is 0 Å². The molecule has 1 aromatic heterocycles. The van der Waals surface area contributed by atoms with Gasteiger partial charge in [0, 0.05) is 6.92 Å². The fourth-order valence-electron chi connectivity index (χ4n) is 3.30. The van der Waals surface area contributed by atoms with E-state index in [4.69, 9.17) is 4.74 Å². The lowest BCUT2D eigenvalue weighted by molar-refractivity contribution is -0.652. The summed E-state index contributed by atoms with van der Waals surface area (Å²) < 4.78 is 10.2. The number of aliphatic hydroxyl groups excluding tert-OH is 1. The second kappa shape index (κ2) is 7.28. The van der Waals surface area contributed by atoms with Crippen molar-refractivity contribution in [3.63, 3.8) is 0 Å². The average Bonchev–Trinajstić information content (AvgIpc) is 2.85. The van der Waals surface area contributed by atoms with Crippen LogP contribution in [0, 0.1) is 13.8 Å². The number of hydrogen-bond acceptors (Lipinski definition) is 2. The fraction of sp³-hybridized carbons (Fsp3) is 0.381. The SMILES string of the molecule is CCc1cc(C)cc(OCC(O)Cn2c(C)[n+](C)c3ccccc32)c1. The van der Waals surface area contributed by atoms with Gasteiger partial charge in [-0.1, -0.05) is 25.1 Å². The molecule has 0 spiro atoms. The van der Waals surface area contributed by atoms with Crippen LogP contribution in [0.3, 0.4) is 0 Å². The van der Waals surface area contributed by atoms with Gasteiger partial charge in [0.05, 0.1) is 7.05 Å². The molecule has 2 aromatic carbocycles. The van der Waals surface area contributed by atoms with Gasteiger partial charge in [0.1, 0.15) is 25.0 Å². The van der Waals surface area contributed by atoms with Crippen molar-refractivity contribution in [2.75, 3.05) is 6.61 Å². The highest BCUT2D eigenvalue weighted by atomic mass is 16.5. The molecule has 4 nitrogen and oxygen atoms in total. The van der Waals surface area contributed by atoms with Gasteiger partial charge in [-0.15, -0.1) is 0 Å². The third kappa shape index (κ3) is 3.69. The number of rotatable bonds is 6. The normalized spacial score (nSPS) is 12.5.